The molecular formula is C12H14F2N4O2. The fourth-order valence-corrected chi connectivity index (χ4v) is 1.77. The highest BCUT2D eigenvalue weighted by atomic mass is 19.2. The van der Waals surface area contributed by atoms with Gasteiger partial charge in [-0.1, -0.05) is 17.2 Å². The zero-order chi connectivity index (χ0) is 15.2. The number of nitrogens with one attached hydrogen (secondary N) is 1. The van der Waals surface area contributed by atoms with Crippen molar-refractivity contribution in [3.05, 3.63) is 45.8 Å². The number of esters is 1. The lowest BCUT2D eigenvalue weighted by Gasteiger charge is -2.28. The second-order valence-corrected chi connectivity index (χ2v) is 4.10. The summed E-state index contributed by atoms with van der Waals surface area (Å²) in [5.74, 6) is -2.96. The number of carbonyl (C=O) groups excluding carboxylic acids is 1. The first kappa shape index (κ1) is 15.9. The average molecular weight is 284 g/mol. The lowest BCUT2D eigenvalue weighted by atomic mass is 9.91. The first-order valence-electron chi connectivity index (χ1n) is 5.76. The zero-order valence-corrected chi connectivity index (χ0v) is 11.1. The molecule has 0 aliphatic heterocycles. The second kappa shape index (κ2) is 6.83. The van der Waals surface area contributed by atoms with Gasteiger partial charge in [-0.05, 0) is 18.5 Å². The van der Waals surface area contributed by atoms with Crippen LogP contribution in [0.15, 0.2) is 23.3 Å². The number of nitrogens with zero attached hydrogens (tertiary/aromatic N) is 3. The van der Waals surface area contributed by atoms with E-state index in [4.69, 9.17) is 5.53 Å². The number of azide groups is 1. The van der Waals surface area contributed by atoms with E-state index in [0.29, 0.717) is 0 Å². The third-order valence-electron chi connectivity index (χ3n) is 2.84. The summed E-state index contributed by atoms with van der Waals surface area (Å²) >= 11 is 0. The van der Waals surface area contributed by atoms with E-state index in [1.807, 2.05) is 0 Å². The first-order valence-corrected chi connectivity index (χ1v) is 5.76. The van der Waals surface area contributed by atoms with Crippen LogP contribution in [0.5, 0.6) is 0 Å². The predicted octanol–water partition coefficient (Wildman–Crippen LogP) is 2.25. The predicted molar refractivity (Wildman–Crippen MR) is 67.7 cm³/mol. The topological polar surface area (TPSA) is 87.1 Å². The number of methoxy groups -OCH3 is 1. The van der Waals surface area contributed by atoms with Crippen LogP contribution in [0, 0.1) is 11.6 Å². The van der Waals surface area contributed by atoms with Crippen molar-refractivity contribution in [2.24, 2.45) is 5.11 Å². The van der Waals surface area contributed by atoms with Gasteiger partial charge in [-0.25, -0.2) is 13.6 Å². The van der Waals surface area contributed by atoms with Gasteiger partial charge in [-0.2, -0.15) is 0 Å². The summed E-state index contributed by atoms with van der Waals surface area (Å²) in [6, 6.07) is 3.54. The molecule has 1 N–H and O–H groups in total. The number of halogens is 2. The van der Waals surface area contributed by atoms with Crippen molar-refractivity contribution in [1.82, 2.24) is 5.32 Å². The summed E-state index contributed by atoms with van der Waals surface area (Å²) in [4.78, 5) is 14.4. The van der Waals surface area contributed by atoms with Gasteiger partial charge in [-0.15, -0.1) is 0 Å². The molecule has 0 saturated heterocycles. The van der Waals surface area contributed by atoms with Crippen LogP contribution in [0.25, 0.3) is 10.4 Å². The minimum Gasteiger partial charge on any atom is -0.467 e. The van der Waals surface area contributed by atoms with Gasteiger partial charge >= 0.3 is 5.97 Å². The molecule has 0 fully saturated rings. The van der Waals surface area contributed by atoms with Crippen molar-refractivity contribution in [2.75, 3.05) is 20.2 Å². The number of hydrogen-bond acceptors (Lipinski definition) is 4. The van der Waals surface area contributed by atoms with Gasteiger partial charge in [0.1, 0.15) is 5.54 Å². The highest BCUT2D eigenvalue weighted by Gasteiger charge is 2.38. The molecule has 1 rings (SSSR count). The van der Waals surface area contributed by atoms with Crippen LogP contribution in [0.2, 0.25) is 0 Å². The van der Waals surface area contributed by atoms with E-state index in [1.165, 1.54) is 19.1 Å². The van der Waals surface area contributed by atoms with E-state index in [1.54, 1.807) is 0 Å². The second-order valence-electron chi connectivity index (χ2n) is 4.10. The maximum Gasteiger partial charge on any atom is 0.330 e. The van der Waals surface area contributed by atoms with Crippen LogP contribution in [-0.2, 0) is 15.1 Å². The summed E-state index contributed by atoms with van der Waals surface area (Å²) in [7, 11) is 1.15. The monoisotopic (exact) mass is 284 g/mol. The van der Waals surface area contributed by atoms with Crippen LogP contribution < -0.4 is 5.32 Å². The summed E-state index contributed by atoms with van der Waals surface area (Å²) in [5.41, 5.74) is 6.42. The molecule has 1 aromatic rings. The van der Waals surface area contributed by atoms with E-state index in [2.05, 4.69) is 20.1 Å². The Balaban J connectivity index is 3.13. The normalized spacial score (nSPS) is 13.2. The van der Waals surface area contributed by atoms with Crippen molar-refractivity contribution < 1.29 is 18.3 Å². The molecule has 108 valence electrons. The van der Waals surface area contributed by atoms with E-state index < -0.39 is 23.1 Å². The van der Waals surface area contributed by atoms with Crippen molar-refractivity contribution in [2.45, 2.75) is 12.5 Å². The third kappa shape index (κ3) is 3.23. The summed E-state index contributed by atoms with van der Waals surface area (Å²) in [6.45, 7) is 1.53. The first-order chi connectivity index (χ1) is 9.47. The van der Waals surface area contributed by atoms with Crippen molar-refractivity contribution in [3.63, 3.8) is 0 Å². The van der Waals surface area contributed by atoms with E-state index >= 15 is 0 Å². The molecule has 0 bridgehead atoms. The molecule has 0 aliphatic rings. The fraction of sp³-hybridized carbons (Fsp3) is 0.417. The molecule has 20 heavy (non-hydrogen) atoms. The van der Waals surface area contributed by atoms with Crippen LogP contribution >= 0.6 is 0 Å². The van der Waals surface area contributed by atoms with Gasteiger partial charge in [0.25, 0.3) is 0 Å². The summed E-state index contributed by atoms with van der Waals surface area (Å²) in [5, 5.41) is 6.01. The van der Waals surface area contributed by atoms with Gasteiger partial charge < -0.3 is 4.74 Å². The molecule has 1 aromatic carbocycles. The molecule has 6 nitrogen and oxygen atoms in total. The molecule has 0 amide bonds. The Morgan fingerprint density at radius 3 is 2.85 bits per heavy atom. The van der Waals surface area contributed by atoms with E-state index in [-0.39, 0.29) is 18.7 Å². The van der Waals surface area contributed by atoms with Crippen LogP contribution in [0.3, 0.4) is 0 Å². The Kier molecular flexibility index (Phi) is 5.42. The Labute approximate surface area is 114 Å². The number of hydrogen-bond donors (Lipinski definition) is 1. The number of carbonyl (C=O) groups is 1. The van der Waals surface area contributed by atoms with Gasteiger partial charge in [0.2, 0.25) is 0 Å². The lowest BCUT2D eigenvalue weighted by molar-refractivity contribution is -0.148. The standard InChI is InChI=1S/C12H14F2N4O2/c1-12(11(19)20-2,16-6-7-17-18-15)8-4-3-5-9(13)10(8)14/h3-5,16H,6-7H2,1-2H3. The maximum atomic E-state index is 13.9. The number of rotatable bonds is 6. The molecule has 0 spiro atoms. The molecule has 0 aromatic heterocycles. The number of ether oxygens (including phenoxy) is 1. The summed E-state index contributed by atoms with van der Waals surface area (Å²) < 4.78 is 31.8. The molecule has 0 aliphatic carbocycles. The van der Waals surface area contributed by atoms with Crippen LogP contribution in [-0.4, -0.2) is 26.2 Å². The Morgan fingerprint density at radius 1 is 1.55 bits per heavy atom. The zero-order valence-electron chi connectivity index (χ0n) is 11.1. The number of benzene rings is 1. The Morgan fingerprint density at radius 2 is 2.25 bits per heavy atom. The SMILES string of the molecule is COC(=O)C(C)(NCCN=[N+]=[N-])c1cccc(F)c1F. The molecule has 0 saturated carbocycles. The molecule has 1 unspecified atom stereocenters. The molecular weight excluding hydrogens is 270 g/mol. The minimum atomic E-state index is -1.58. The quantitative estimate of drug-likeness (QED) is 0.286. The highest BCUT2D eigenvalue weighted by molar-refractivity contribution is 5.82. The van der Waals surface area contributed by atoms with Crippen LogP contribution in [0.4, 0.5) is 8.78 Å². The minimum absolute atomic E-state index is 0.0556. The van der Waals surface area contributed by atoms with Gasteiger partial charge in [0, 0.05) is 23.6 Å². The smallest absolute Gasteiger partial charge is 0.330 e. The average Bonchev–Trinajstić information content (AvgIpc) is 2.45. The largest absolute Gasteiger partial charge is 0.467 e. The van der Waals surface area contributed by atoms with Gasteiger partial charge in [0.05, 0.1) is 7.11 Å². The van der Waals surface area contributed by atoms with E-state index in [9.17, 15) is 13.6 Å². The highest BCUT2D eigenvalue weighted by Crippen LogP contribution is 2.26. The van der Waals surface area contributed by atoms with Crippen molar-refractivity contribution >= 4 is 5.97 Å². The molecule has 8 heteroatoms. The molecule has 1 atom stereocenters. The lowest BCUT2D eigenvalue weighted by Crippen LogP contribution is -2.49. The molecule has 0 heterocycles. The third-order valence-corrected chi connectivity index (χ3v) is 2.84. The van der Waals surface area contributed by atoms with E-state index in [0.717, 1.165) is 13.2 Å². The van der Waals surface area contributed by atoms with Gasteiger partial charge in [-0.3, -0.25) is 5.32 Å². The van der Waals surface area contributed by atoms with Gasteiger partial charge in [0.15, 0.2) is 11.6 Å². The van der Waals surface area contributed by atoms with Crippen LogP contribution in [0.1, 0.15) is 12.5 Å². The Hall–Kier alpha value is -2.18. The fourth-order valence-electron chi connectivity index (χ4n) is 1.77. The Bertz CT molecular complexity index is 546. The van der Waals surface area contributed by atoms with Crippen molar-refractivity contribution in [3.8, 4) is 0 Å². The van der Waals surface area contributed by atoms with Crippen molar-refractivity contribution in [1.29, 1.82) is 0 Å². The molecule has 0 radical (unpaired) electrons. The summed E-state index contributed by atoms with van der Waals surface area (Å²) in [6.07, 6.45) is 0. The maximum absolute atomic E-state index is 13.9.